The molecular weight excluding hydrogens is 434 g/mol. The number of fused-ring (bicyclic) bond motifs is 1. The molecule has 1 amide bonds. The minimum absolute atomic E-state index is 0.137. The van der Waals surface area contributed by atoms with Gasteiger partial charge in [-0.25, -0.2) is 13.1 Å². The van der Waals surface area contributed by atoms with Crippen LogP contribution in [0.15, 0.2) is 41.4 Å². The molecular formula is C19H18F2N4O5S. The van der Waals surface area contributed by atoms with E-state index in [1.807, 2.05) is 6.07 Å². The fourth-order valence-electron chi connectivity index (χ4n) is 3.06. The minimum atomic E-state index is -4.29. The lowest BCUT2D eigenvalue weighted by Crippen LogP contribution is -2.44. The van der Waals surface area contributed by atoms with Crippen LogP contribution in [-0.4, -0.2) is 42.8 Å². The van der Waals surface area contributed by atoms with Crippen LogP contribution in [0.3, 0.4) is 0 Å². The molecule has 12 heteroatoms. The van der Waals surface area contributed by atoms with Gasteiger partial charge in [-0.3, -0.25) is 4.79 Å². The fraction of sp³-hybridized carbons (Fsp3) is 0.263. The van der Waals surface area contributed by atoms with Gasteiger partial charge in [-0.1, -0.05) is 6.07 Å². The van der Waals surface area contributed by atoms with Crippen molar-refractivity contribution in [2.45, 2.75) is 24.0 Å². The first-order valence-electron chi connectivity index (χ1n) is 8.91. The fourth-order valence-corrected chi connectivity index (χ4v) is 4.49. The maximum atomic E-state index is 12.9. The van der Waals surface area contributed by atoms with Gasteiger partial charge in [0.05, 0.1) is 23.8 Å². The number of carbonyl (C=O) groups excluding carboxylic acids is 1. The average molecular weight is 452 g/mol. The van der Waals surface area contributed by atoms with Gasteiger partial charge >= 0.3 is 0 Å². The molecule has 0 saturated carbocycles. The van der Waals surface area contributed by atoms with Gasteiger partial charge in [0, 0.05) is 25.0 Å². The second-order valence-corrected chi connectivity index (χ2v) is 8.55. The molecule has 0 fully saturated rings. The predicted octanol–water partition coefficient (Wildman–Crippen LogP) is 1.64. The average Bonchev–Trinajstić information content (AvgIpc) is 2.96. The molecule has 0 spiro atoms. The highest BCUT2D eigenvalue weighted by Gasteiger charge is 2.36. The van der Waals surface area contributed by atoms with E-state index in [1.165, 1.54) is 17.7 Å². The lowest BCUT2D eigenvalue weighted by atomic mass is 10.1. The third-order valence-corrected chi connectivity index (χ3v) is 6.13. The van der Waals surface area contributed by atoms with E-state index >= 15 is 0 Å². The van der Waals surface area contributed by atoms with Crippen LogP contribution in [0, 0.1) is 18.3 Å². The van der Waals surface area contributed by atoms with Crippen LogP contribution < -0.4 is 14.8 Å². The van der Waals surface area contributed by atoms with Gasteiger partial charge in [0.25, 0.3) is 12.0 Å². The van der Waals surface area contributed by atoms with Crippen molar-refractivity contribution in [3.05, 3.63) is 53.4 Å². The second kappa shape index (κ2) is 8.46. The van der Waals surface area contributed by atoms with E-state index in [9.17, 15) is 27.1 Å². The molecule has 0 radical (unpaired) electrons. The number of hydrogen-bond donors (Lipinski definition) is 3. The Morgan fingerprint density at radius 3 is 2.84 bits per heavy atom. The summed E-state index contributed by atoms with van der Waals surface area (Å²) >= 11 is 0. The van der Waals surface area contributed by atoms with Crippen molar-refractivity contribution in [3.63, 3.8) is 0 Å². The van der Waals surface area contributed by atoms with Crippen molar-refractivity contribution in [1.29, 1.82) is 5.26 Å². The largest absolute Gasteiger partial charge is 0.488 e. The maximum Gasteiger partial charge on any atom is 0.276 e. The molecule has 1 aliphatic heterocycles. The van der Waals surface area contributed by atoms with Gasteiger partial charge in [0.15, 0.2) is 11.4 Å². The van der Waals surface area contributed by atoms with E-state index in [4.69, 9.17) is 10.00 Å². The second-order valence-electron chi connectivity index (χ2n) is 6.86. The Bertz CT molecular complexity index is 1210. The SMILES string of the molecule is Cc1ccc(NC(=O)c2c3c(cn2C)S(=O)(=O)N[C@@H]([C@H](O)C=C(F)F)CO3)cc1C#N. The lowest BCUT2D eigenvalue weighted by Gasteiger charge is -2.18. The van der Waals surface area contributed by atoms with Gasteiger partial charge in [0.2, 0.25) is 10.0 Å². The minimum Gasteiger partial charge on any atom is -0.488 e. The molecule has 0 unspecified atom stereocenters. The molecule has 2 aromatic rings. The number of sulfonamides is 1. The zero-order valence-electron chi connectivity index (χ0n) is 16.4. The number of anilines is 1. The van der Waals surface area contributed by atoms with E-state index in [1.54, 1.807) is 19.1 Å². The molecule has 1 aromatic heterocycles. The Morgan fingerprint density at radius 1 is 1.48 bits per heavy atom. The molecule has 1 aliphatic rings. The van der Waals surface area contributed by atoms with E-state index in [2.05, 4.69) is 10.0 Å². The number of nitrogens with one attached hydrogen (secondary N) is 2. The van der Waals surface area contributed by atoms with E-state index in [0.29, 0.717) is 11.3 Å². The number of benzene rings is 1. The van der Waals surface area contributed by atoms with Crippen LogP contribution in [0.25, 0.3) is 0 Å². The molecule has 1 aromatic carbocycles. The number of amides is 1. The van der Waals surface area contributed by atoms with Gasteiger partial charge in [-0.2, -0.15) is 14.0 Å². The highest BCUT2D eigenvalue weighted by Crippen LogP contribution is 2.33. The molecule has 2 heterocycles. The lowest BCUT2D eigenvalue weighted by molar-refractivity contribution is 0.101. The first-order valence-corrected chi connectivity index (χ1v) is 10.4. The van der Waals surface area contributed by atoms with Crippen LogP contribution in [0.2, 0.25) is 0 Å². The molecule has 164 valence electrons. The Hall–Kier alpha value is -3.27. The summed E-state index contributed by atoms with van der Waals surface area (Å²) in [6.07, 6.45) is -2.68. The van der Waals surface area contributed by atoms with Crippen LogP contribution in [0.4, 0.5) is 14.5 Å². The summed E-state index contributed by atoms with van der Waals surface area (Å²) in [6.45, 7) is 1.24. The first kappa shape index (κ1) is 22.4. The number of aryl methyl sites for hydroxylation is 2. The maximum absolute atomic E-state index is 12.9. The van der Waals surface area contributed by atoms with Gasteiger partial charge in [0.1, 0.15) is 11.5 Å². The van der Waals surface area contributed by atoms with E-state index in [0.717, 1.165) is 11.8 Å². The summed E-state index contributed by atoms with van der Waals surface area (Å²) in [5, 5.41) is 21.6. The number of carbonyl (C=O) groups is 1. The number of nitrogens with zero attached hydrogens (tertiary/aromatic N) is 2. The summed E-state index contributed by atoms with van der Waals surface area (Å²) in [6, 6.07) is 5.31. The van der Waals surface area contributed by atoms with Crippen molar-refractivity contribution in [2.24, 2.45) is 7.05 Å². The Labute approximate surface area is 176 Å². The Kier molecular flexibility index (Phi) is 6.12. The van der Waals surface area contributed by atoms with Crippen molar-refractivity contribution in [3.8, 4) is 11.8 Å². The van der Waals surface area contributed by atoms with E-state index < -0.39 is 40.8 Å². The van der Waals surface area contributed by atoms with Crippen molar-refractivity contribution in [2.75, 3.05) is 11.9 Å². The van der Waals surface area contributed by atoms with Crippen molar-refractivity contribution >= 4 is 21.6 Å². The molecule has 9 nitrogen and oxygen atoms in total. The third-order valence-electron chi connectivity index (χ3n) is 4.65. The number of aliphatic hydroxyl groups excluding tert-OH is 1. The predicted molar refractivity (Wildman–Crippen MR) is 105 cm³/mol. The quantitative estimate of drug-likeness (QED) is 0.646. The summed E-state index contributed by atoms with van der Waals surface area (Å²) in [7, 11) is -2.85. The van der Waals surface area contributed by atoms with Crippen LogP contribution in [-0.2, 0) is 17.1 Å². The normalized spacial score (nSPS) is 18.0. The molecule has 3 rings (SSSR count). The number of nitriles is 1. The molecule has 0 saturated heterocycles. The monoisotopic (exact) mass is 452 g/mol. The Morgan fingerprint density at radius 2 is 2.19 bits per heavy atom. The number of aromatic nitrogens is 1. The summed E-state index contributed by atoms with van der Waals surface area (Å²) in [4.78, 5) is 12.5. The third kappa shape index (κ3) is 4.58. The standard InChI is InChI=1S/C19H18F2N4O5S/c1-10-3-4-12(5-11(10)7-22)23-19(27)17-18-15(8-25(17)2)31(28,29)24-13(9-30-18)14(26)6-16(20)21/h3-6,8,13-14,24,26H,9H2,1-2H3,(H,23,27)/t13-,14-/m1/s1. The molecule has 0 bridgehead atoms. The molecule has 0 aliphatic carbocycles. The van der Waals surface area contributed by atoms with Crippen LogP contribution in [0.5, 0.6) is 5.75 Å². The number of halogens is 2. The van der Waals surface area contributed by atoms with Gasteiger partial charge < -0.3 is 19.7 Å². The van der Waals surface area contributed by atoms with Crippen LogP contribution >= 0.6 is 0 Å². The Balaban J connectivity index is 1.95. The molecule has 31 heavy (non-hydrogen) atoms. The summed E-state index contributed by atoms with van der Waals surface area (Å²) < 4.78 is 59.1. The van der Waals surface area contributed by atoms with Crippen molar-refractivity contribution in [1.82, 2.24) is 9.29 Å². The zero-order chi connectivity index (χ0) is 22.9. The highest BCUT2D eigenvalue weighted by molar-refractivity contribution is 7.89. The van der Waals surface area contributed by atoms with E-state index in [-0.39, 0.29) is 22.4 Å². The zero-order valence-corrected chi connectivity index (χ0v) is 17.2. The number of hydrogen-bond acceptors (Lipinski definition) is 6. The highest BCUT2D eigenvalue weighted by atomic mass is 32.2. The molecule has 3 N–H and O–H groups in total. The van der Waals surface area contributed by atoms with Gasteiger partial charge in [-0.05, 0) is 24.6 Å². The van der Waals surface area contributed by atoms with Gasteiger partial charge in [-0.15, -0.1) is 0 Å². The smallest absolute Gasteiger partial charge is 0.276 e. The number of ether oxygens (including phenoxy) is 1. The number of aliphatic hydroxyl groups is 1. The molecule has 2 atom stereocenters. The summed E-state index contributed by atoms with van der Waals surface area (Å²) in [5.74, 6) is -0.986. The number of rotatable bonds is 4. The van der Waals surface area contributed by atoms with Crippen molar-refractivity contribution < 1.29 is 31.8 Å². The summed E-state index contributed by atoms with van der Waals surface area (Å²) in [5.41, 5.74) is 1.25. The topological polar surface area (TPSA) is 133 Å². The van der Waals surface area contributed by atoms with Crippen LogP contribution in [0.1, 0.15) is 21.6 Å². The first-order chi connectivity index (χ1) is 14.5.